The van der Waals surface area contributed by atoms with Gasteiger partial charge in [-0.15, -0.1) is 0 Å². The van der Waals surface area contributed by atoms with Crippen molar-refractivity contribution in [2.45, 2.75) is 12.5 Å². The zero-order chi connectivity index (χ0) is 22.7. The number of amides is 1. The monoisotopic (exact) mass is 574 g/mol. The highest BCUT2D eigenvalue weighted by atomic mass is 79.9. The molecule has 0 radical (unpaired) electrons. The smallest absolute Gasteiger partial charge is 0.281 e. The Bertz CT molecular complexity index is 1200. The fraction of sp³-hybridized carbons (Fsp3) is 0.125. The molecular weight excluding hydrogens is 560 g/mol. The second kappa shape index (κ2) is 9.98. The van der Waals surface area contributed by atoms with Crippen molar-refractivity contribution in [3.63, 3.8) is 0 Å². The minimum atomic E-state index is -0.310. The highest BCUT2D eigenvalue weighted by Gasteiger charge is 2.33. The molecule has 0 fully saturated rings. The number of rotatable bonds is 6. The van der Waals surface area contributed by atoms with Gasteiger partial charge in [-0.2, -0.15) is 5.10 Å². The van der Waals surface area contributed by atoms with E-state index in [0.717, 1.165) is 25.8 Å². The van der Waals surface area contributed by atoms with Gasteiger partial charge in [0.25, 0.3) is 5.91 Å². The minimum absolute atomic E-state index is 0.248. The maximum Gasteiger partial charge on any atom is 0.281 e. The van der Waals surface area contributed by atoms with E-state index in [1.54, 1.807) is 30.3 Å². The van der Waals surface area contributed by atoms with E-state index in [1.807, 2.05) is 36.4 Å². The maximum atomic E-state index is 13.1. The van der Waals surface area contributed by atoms with Crippen molar-refractivity contribution in [2.24, 2.45) is 5.10 Å². The van der Waals surface area contributed by atoms with Crippen LogP contribution in [0.3, 0.4) is 0 Å². The summed E-state index contributed by atoms with van der Waals surface area (Å²) in [5.74, 6) is 0.0321. The molecule has 1 amide bonds. The van der Waals surface area contributed by atoms with Crippen LogP contribution in [0.15, 0.2) is 80.8 Å². The molecule has 1 heterocycles. The summed E-state index contributed by atoms with van der Waals surface area (Å²) in [6, 6.07) is 20.0. The third kappa shape index (κ3) is 5.11. The number of ether oxygens (including phenoxy) is 1. The van der Waals surface area contributed by atoms with Gasteiger partial charge in [0.2, 0.25) is 0 Å². The van der Waals surface area contributed by atoms with Gasteiger partial charge < -0.3 is 4.74 Å². The highest BCUT2D eigenvalue weighted by molar-refractivity contribution is 9.10. The number of carbonyl (C=O) groups is 2. The first-order valence-corrected chi connectivity index (χ1v) is 11.7. The lowest BCUT2D eigenvalue weighted by Gasteiger charge is -2.22. The zero-order valence-corrected chi connectivity index (χ0v) is 20.6. The molecule has 0 aromatic heterocycles. The van der Waals surface area contributed by atoms with Gasteiger partial charge in [-0.05, 0) is 53.6 Å². The molecule has 1 unspecified atom stereocenters. The van der Waals surface area contributed by atoms with Crippen LogP contribution in [-0.2, 0) is 4.79 Å². The van der Waals surface area contributed by atoms with Crippen LogP contribution >= 0.6 is 43.5 Å². The average molecular weight is 577 g/mol. The summed E-state index contributed by atoms with van der Waals surface area (Å²) >= 11 is 12.9. The molecule has 0 aliphatic carbocycles. The van der Waals surface area contributed by atoms with Gasteiger partial charge >= 0.3 is 0 Å². The molecule has 3 aromatic rings. The van der Waals surface area contributed by atoms with Gasteiger partial charge in [0.1, 0.15) is 5.75 Å². The molecule has 162 valence electrons. The van der Waals surface area contributed by atoms with Crippen molar-refractivity contribution >= 4 is 61.4 Å². The van der Waals surface area contributed by atoms with Crippen LogP contribution in [0.5, 0.6) is 5.75 Å². The SMILES string of the molecule is O=Cc1cc(Br)ccc1OCC(=O)N1N=C(c2cccc(Br)c2)CC1c1ccc(Cl)cc1. The number of benzene rings is 3. The Kier molecular flexibility index (Phi) is 7.08. The van der Waals surface area contributed by atoms with E-state index in [-0.39, 0.29) is 18.6 Å². The summed E-state index contributed by atoms with van der Waals surface area (Å²) in [4.78, 5) is 24.5. The van der Waals surface area contributed by atoms with Gasteiger partial charge in [-0.1, -0.05) is 67.7 Å². The van der Waals surface area contributed by atoms with Gasteiger partial charge in [0, 0.05) is 20.4 Å². The van der Waals surface area contributed by atoms with Crippen molar-refractivity contribution in [3.05, 3.63) is 97.4 Å². The number of hydrogen-bond acceptors (Lipinski definition) is 4. The largest absolute Gasteiger partial charge is 0.483 e. The minimum Gasteiger partial charge on any atom is -0.483 e. The fourth-order valence-electron chi connectivity index (χ4n) is 3.48. The van der Waals surface area contributed by atoms with E-state index < -0.39 is 0 Å². The summed E-state index contributed by atoms with van der Waals surface area (Å²) in [6.45, 7) is -0.248. The average Bonchev–Trinajstić information content (AvgIpc) is 3.24. The molecule has 5 nitrogen and oxygen atoms in total. The number of carbonyl (C=O) groups excluding carboxylic acids is 2. The van der Waals surface area contributed by atoms with Gasteiger partial charge in [-0.25, -0.2) is 5.01 Å². The van der Waals surface area contributed by atoms with Gasteiger partial charge in [-0.3, -0.25) is 9.59 Å². The molecule has 0 N–H and O–H groups in total. The van der Waals surface area contributed by atoms with Crippen LogP contribution in [-0.4, -0.2) is 29.5 Å². The van der Waals surface area contributed by atoms with E-state index in [9.17, 15) is 9.59 Å². The Morgan fingerprint density at radius 1 is 1.09 bits per heavy atom. The summed E-state index contributed by atoms with van der Waals surface area (Å²) in [7, 11) is 0. The Morgan fingerprint density at radius 2 is 1.84 bits per heavy atom. The first-order chi connectivity index (χ1) is 15.4. The predicted molar refractivity (Wildman–Crippen MR) is 131 cm³/mol. The van der Waals surface area contributed by atoms with Crippen LogP contribution in [0.4, 0.5) is 0 Å². The first kappa shape index (κ1) is 22.7. The molecule has 1 aliphatic rings. The quantitative estimate of drug-likeness (QED) is 0.318. The van der Waals surface area contributed by atoms with Crippen LogP contribution in [0.25, 0.3) is 0 Å². The van der Waals surface area contributed by atoms with E-state index in [0.29, 0.717) is 29.0 Å². The molecule has 0 saturated carbocycles. The van der Waals surface area contributed by atoms with E-state index >= 15 is 0 Å². The second-order valence-corrected chi connectivity index (χ2v) is 9.42. The zero-order valence-electron chi connectivity index (χ0n) is 16.7. The van der Waals surface area contributed by atoms with Crippen molar-refractivity contribution in [3.8, 4) is 5.75 Å². The Hall–Kier alpha value is -2.48. The summed E-state index contributed by atoms with van der Waals surface area (Å²) < 4.78 is 7.37. The lowest BCUT2D eigenvalue weighted by Crippen LogP contribution is -2.31. The first-order valence-electron chi connectivity index (χ1n) is 9.73. The lowest BCUT2D eigenvalue weighted by atomic mass is 9.98. The molecule has 0 bridgehead atoms. The van der Waals surface area contributed by atoms with Gasteiger partial charge in [0.15, 0.2) is 12.9 Å². The molecule has 3 aromatic carbocycles. The summed E-state index contributed by atoms with van der Waals surface area (Å²) in [5.41, 5.74) is 3.03. The number of aldehydes is 1. The van der Waals surface area contributed by atoms with Crippen LogP contribution in [0, 0.1) is 0 Å². The Labute approximate surface area is 207 Å². The van der Waals surface area contributed by atoms with E-state index in [1.165, 1.54) is 5.01 Å². The van der Waals surface area contributed by atoms with Crippen molar-refractivity contribution < 1.29 is 14.3 Å². The number of nitrogens with zero attached hydrogens (tertiary/aromatic N) is 2. The molecule has 4 rings (SSSR count). The molecule has 1 aliphatic heterocycles. The molecule has 0 spiro atoms. The Morgan fingerprint density at radius 3 is 2.56 bits per heavy atom. The topological polar surface area (TPSA) is 59.0 Å². The van der Waals surface area contributed by atoms with E-state index in [2.05, 4.69) is 37.0 Å². The normalized spacial score (nSPS) is 15.4. The summed E-state index contributed by atoms with van der Waals surface area (Å²) in [5, 5.41) is 6.72. The van der Waals surface area contributed by atoms with Crippen LogP contribution in [0.2, 0.25) is 5.02 Å². The van der Waals surface area contributed by atoms with Crippen LogP contribution < -0.4 is 4.74 Å². The number of hydrogen-bond donors (Lipinski definition) is 0. The Balaban J connectivity index is 1.60. The fourth-order valence-corrected chi connectivity index (χ4v) is 4.38. The molecular formula is C24H17Br2ClN2O3. The molecule has 8 heteroatoms. The number of halogens is 3. The third-order valence-corrected chi connectivity index (χ3v) is 6.27. The van der Waals surface area contributed by atoms with Crippen molar-refractivity contribution in [1.29, 1.82) is 0 Å². The molecule has 1 atom stereocenters. The third-order valence-electron chi connectivity index (χ3n) is 5.03. The number of hydrazone groups is 1. The highest BCUT2D eigenvalue weighted by Crippen LogP contribution is 2.34. The standard InChI is InChI=1S/C24H17Br2ClN2O3/c25-18-3-1-2-16(10-18)21-12-22(15-4-7-20(27)8-5-15)29(28-21)24(31)14-32-23-9-6-19(26)11-17(23)13-30/h1-11,13,22H,12,14H2. The predicted octanol–water partition coefficient (Wildman–Crippen LogP) is 6.43. The molecule has 0 saturated heterocycles. The van der Waals surface area contributed by atoms with Crippen LogP contribution in [0.1, 0.15) is 33.9 Å². The second-order valence-electron chi connectivity index (χ2n) is 7.16. The molecule has 32 heavy (non-hydrogen) atoms. The summed E-state index contributed by atoms with van der Waals surface area (Å²) in [6.07, 6.45) is 1.25. The maximum absolute atomic E-state index is 13.1. The van der Waals surface area contributed by atoms with Gasteiger partial charge in [0.05, 0.1) is 17.3 Å². The van der Waals surface area contributed by atoms with E-state index in [4.69, 9.17) is 16.3 Å². The lowest BCUT2D eigenvalue weighted by molar-refractivity contribution is -0.135. The van der Waals surface area contributed by atoms with Crippen molar-refractivity contribution in [2.75, 3.05) is 6.61 Å². The van der Waals surface area contributed by atoms with Crippen molar-refractivity contribution in [1.82, 2.24) is 5.01 Å².